The quantitative estimate of drug-likeness (QED) is 0.300. The summed E-state index contributed by atoms with van der Waals surface area (Å²) in [6, 6.07) is 14.9. The number of carbonyl (C=O) groups excluding carboxylic acids is 2. The molecule has 0 aromatic heterocycles. The summed E-state index contributed by atoms with van der Waals surface area (Å²) < 4.78 is 0. The second kappa shape index (κ2) is 6.70. The Labute approximate surface area is 160 Å². The first kappa shape index (κ1) is 17.5. The Kier molecular flexibility index (Phi) is 4.19. The molecule has 0 fully saturated rings. The maximum absolute atomic E-state index is 12.8. The van der Waals surface area contributed by atoms with E-state index in [1.54, 1.807) is 12.1 Å². The number of nitrogens with zero attached hydrogens (tertiary/aromatic N) is 3. The number of amides is 2. The third-order valence-corrected chi connectivity index (χ3v) is 4.77. The molecule has 3 aromatic carbocycles. The van der Waals surface area contributed by atoms with Gasteiger partial charge in [-0.1, -0.05) is 37.3 Å². The molecule has 0 atom stereocenters. The summed E-state index contributed by atoms with van der Waals surface area (Å²) in [7, 11) is 0. The normalized spacial score (nSPS) is 13.5. The largest absolute Gasteiger partial charge is 0.282 e. The van der Waals surface area contributed by atoms with Gasteiger partial charge in [-0.3, -0.25) is 19.7 Å². The first-order valence-corrected chi connectivity index (χ1v) is 8.73. The molecule has 3 aromatic rings. The van der Waals surface area contributed by atoms with Crippen LogP contribution in [0, 0.1) is 10.1 Å². The van der Waals surface area contributed by atoms with Crippen LogP contribution in [-0.2, 0) is 6.42 Å². The summed E-state index contributed by atoms with van der Waals surface area (Å²) in [5.41, 5.74) is 2.22. The van der Waals surface area contributed by atoms with Crippen molar-refractivity contribution in [2.24, 2.45) is 5.10 Å². The summed E-state index contributed by atoms with van der Waals surface area (Å²) in [6.07, 6.45) is 2.36. The molecule has 138 valence electrons. The monoisotopic (exact) mass is 373 g/mol. The number of hydrazone groups is 1. The third kappa shape index (κ3) is 2.73. The van der Waals surface area contributed by atoms with Gasteiger partial charge in [-0.2, -0.15) is 10.1 Å². The van der Waals surface area contributed by atoms with Gasteiger partial charge in [0.1, 0.15) is 0 Å². The van der Waals surface area contributed by atoms with Crippen LogP contribution in [0.25, 0.3) is 10.8 Å². The van der Waals surface area contributed by atoms with Crippen LogP contribution in [0.1, 0.15) is 38.8 Å². The predicted molar refractivity (Wildman–Crippen MR) is 105 cm³/mol. The van der Waals surface area contributed by atoms with Gasteiger partial charge >= 0.3 is 0 Å². The number of rotatable bonds is 4. The molecule has 1 heterocycles. The van der Waals surface area contributed by atoms with Crippen LogP contribution in [-0.4, -0.2) is 28.0 Å². The molecule has 0 saturated carbocycles. The van der Waals surface area contributed by atoms with E-state index in [-0.39, 0.29) is 22.2 Å². The van der Waals surface area contributed by atoms with Crippen LogP contribution in [0.15, 0.2) is 59.7 Å². The summed E-state index contributed by atoms with van der Waals surface area (Å²) in [5.74, 6) is -1.21. The van der Waals surface area contributed by atoms with Crippen molar-refractivity contribution in [3.63, 3.8) is 0 Å². The average Bonchev–Trinajstić information content (AvgIpc) is 2.71. The number of nitro groups is 1. The average molecular weight is 373 g/mol. The van der Waals surface area contributed by atoms with Gasteiger partial charge in [0, 0.05) is 11.5 Å². The standard InChI is InChI=1S/C21H15N3O4/c1-2-13-6-8-14(9-7-13)12-22-23-20(25)16-5-3-4-15-18(24(27)28)11-10-17(19(15)16)21(23)26/h3-12H,2H2,1H3. The Morgan fingerprint density at radius 1 is 1.00 bits per heavy atom. The lowest BCUT2D eigenvalue weighted by molar-refractivity contribution is -0.383. The highest BCUT2D eigenvalue weighted by Crippen LogP contribution is 2.35. The molecular weight excluding hydrogens is 358 g/mol. The summed E-state index contributed by atoms with van der Waals surface area (Å²) in [5, 5.41) is 16.7. The van der Waals surface area contributed by atoms with Crippen molar-refractivity contribution in [2.75, 3.05) is 0 Å². The van der Waals surface area contributed by atoms with Crippen molar-refractivity contribution >= 4 is 34.5 Å². The van der Waals surface area contributed by atoms with Gasteiger partial charge in [-0.15, -0.1) is 0 Å². The van der Waals surface area contributed by atoms with Crippen molar-refractivity contribution in [1.29, 1.82) is 0 Å². The van der Waals surface area contributed by atoms with Crippen LogP contribution in [0.2, 0.25) is 0 Å². The molecular formula is C21H15N3O4. The zero-order valence-corrected chi connectivity index (χ0v) is 15.0. The maximum Gasteiger partial charge on any atom is 0.282 e. The fourth-order valence-electron chi connectivity index (χ4n) is 3.30. The Hall–Kier alpha value is -3.87. The smallest absolute Gasteiger partial charge is 0.267 e. The molecule has 7 heteroatoms. The van der Waals surface area contributed by atoms with Crippen molar-refractivity contribution in [1.82, 2.24) is 5.01 Å². The highest BCUT2D eigenvalue weighted by Gasteiger charge is 2.34. The van der Waals surface area contributed by atoms with Gasteiger partial charge in [-0.25, -0.2) is 0 Å². The van der Waals surface area contributed by atoms with Crippen molar-refractivity contribution in [3.8, 4) is 0 Å². The van der Waals surface area contributed by atoms with Gasteiger partial charge in [0.2, 0.25) is 0 Å². The van der Waals surface area contributed by atoms with E-state index in [2.05, 4.69) is 12.0 Å². The molecule has 0 N–H and O–H groups in total. The number of aryl methyl sites for hydroxylation is 1. The summed E-state index contributed by atoms with van der Waals surface area (Å²) in [6.45, 7) is 2.05. The summed E-state index contributed by atoms with van der Waals surface area (Å²) in [4.78, 5) is 36.4. The van der Waals surface area contributed by atoms with Gasteiger partial charge in [-0.05, 0) is 35.7 Å². The second-order valence-corrected chi connectivity index (χ2v) is 6.38. The molecule has 0 saturated heterocycles. The van der Waals surface area contributed by atoms with E-state index in [0.29, 0.717) is 5.39 Å². The highest BCUT2D eigenvalue weighted by atomic mass is 16.6. The van der Waals surface area contributed by atoms with Gasteiger partial charge in [0.05, 0.1) is 27.7 Å². The molecule has 0 bridgehead atoms. The highest BCUT2D eigenvalue weighted by molar-refractivity contribution is 6.26. The zero-order chi connectivity index (χ0) is 19.8. The topological polar surface area (TPSA) is 92.9 Å². The molecule has 28 heavy (non-hydrogen) atoms. The van der Waals surface area contributed by atoms with Crippen molar-refractivity contribution in [3.05, 3.63) is 87.0 Å². The number of non-ortho nitro benzene ring substituents is 1. The fourth-order valence-corrected chi connectivity index (χ4v) is 3.30. The molecule has 0 spiro atoms. The number of hydrogen-bond acceptors (Lipinski definition) is 5. The van der Waals surface area contributed by atoms with E-state index in [4.69, 9.17) is 0 Å². The van der Waals surface area contributed by atoms with Gasteiger partial charge in [0.15, 0.2) is 0 Å². The lowest BCUT2D eigenvalue weighted by Crippen LogP contribution is -2.36. The van der Waals surface area contributed by atoms with Crippen LogP contribution in [0.3, 0.4) is 0 Å². The minimum Gasteiger partial charge on any atom is -0.267 e. The molecule has 0 aliphatic carbocycles. The van der Waals surface area contributed by atoms with Gasteiger partial charge in [0.25, 0.3) is 17.5 Å². The minimum absolute atomic E-state index is 0.144. The van der Waals surface area contributed by atoms with Crippen LogP contribution in [0.4, 0.5) is 5.69 Å². The Bertz CT molecular complexity index is 1140. The van der Waals surface area contributed by atoms with E-state index >= 15 is 0 Å². The molecule has 1 aliphatic rings. The molecule has 0 unspecified atom stereocenters. The number of carbonyl (C=O) groups is 2. The first-order valence-electron chi connectivity index (χ1n) is 8.73. The molecule has 0 radical (unpaired) electrons. The zero-order valence-electron chi connectivity index (χ0n) is 15.0. The van der Waals surface area contributed by atoms with Crippen molar-refractivity contribution < 1.29 is 14.5 Å². The minimum atomic E-state index is -0.606. The first-order chi connectivity index (χ1) is 13.5. The van der Waals surface area contributed by atoms with Crippen molar-refractivity contribution in [2.45, 2.75) is 13.3 Å². The lowest BCUT2D eigenvalue weighted by atomic mass is 9.94. The van der Waals surface area contributed by atoms with Crippen LogP contribution >= 0.6 is 0 Å². The van der Waals surface area contributed by atoms with Crippen LogP contribution in [0.5, 0.6) is 0 Å². The van der Waals surface area contributed by atoms with Gasteiger partial charge < -0.3 is 0 Å². The Balaban J connectivity index is 1.77. The predicted octanol–water partition coefficient (Wildman–Crippen LogP) is 3.94. The van der Waals surface area contributed by atoms with E-state index in [0.717, 1.165) is 17.0 Å². The van der Waals surface area contributed by atoms with E-state index in [1.165, 1.54) is 30.0 Å². The summed E-state index contributed by atoms with van der Waals surface area (Å²) >= 11 is 0. The Morgan fingerprint density at radius 3 is 2.32 bits per heavy atom. The van der Waals surface area contributed by atoms with E-state index < -0.39 is 16.7 Å². The number of imide groups is 1. The molecule has 1 aliphatic heterocycles. The van der Waals surface area contributed by atoms with Crippen LogP contribution < -0.4 is 0 Å². The molecule has 2 amide bonds. The Morgan fingerprint density at radius 2 is 1.68 bits per heavy atom. The third-order valence-electron chi connectivity index (χ3n) is 4.77. The number of hydrogen-bond donors (Lipinski definition) is 0. The van der Waals surface area contributed by atoms with E-state index in [1.807, 2.05) is 24.3 Å². The molecule has 7 nitrogen and oxygen atoms in total. The SMILES string of the molecule is CCc1ccc(C=NN2C(=O)c3cccc4c([N+](=O)[O-])ccc(c34)C2=O)cc1. The number of nitro benzene ring substituents is 1. The van der Waals surface area contributed by atoms with E-state index in [9.17, 15) is 19.7 Å². The second-order valence-electron chi connectivity index (χ2n) is 6.38. The number of benzene rings is 3. The fraction of sp³-hybridized carbons (Fsp3) is 0.0952. The maximum atomic E-state index is 12.8. The molecule has 4 rings (SSSR count). The lowest BCUT2D eigenvalue weighted by Gasteiger charge is -2.22.